The van der Waals surface area contributed by atoms with E-state index in [4.69, 9.17) is 0 Å². The van der Waals surface area contributed by atoms with Crippen LogP contribution in [0.2, 0.25) is 0 Å². The molecule has 0 atom stereocenters. The van der Waals surface area contributed by atoms with E-state index in [0.29, 0.717) is 22.6 Å². The molecule has 0 saturated carbocycles. The highest BCUT2D eigenvalue weighted by atomic mass is 19.1. The smallest absolute Gasteiger partial charge is 0.176 e. The van der Waals surface area contributed by atoms with E-state index < -0.39 is 0 Å². The summed E-state index contributed by atoms with van der Waals surface area (Å²) >= 11 is 0. The molecule has 6 heteroatoms. The summed E-state index contributed by atoms with van der Waals surface area (Å²) in [5.41, 5.74) is 4.43. The molecule has 2 aromatic carbocycles. The van der Waals surface area contributed by atoms with Crippen molar-refractivity contribution in [3.05, 3.63) is 96.7 Å². The third-order valence-electron chi connectivity index (χ3n) is 4.23. The molecule has 0 aliphatic heterocycles. The van der Waals surface area contributed by atoms with Crippen LogP contribution in [0, 0.1) is 5.82 Å². The van der Waals surface area contributed by atoms with Crippen LogP contribution in [-0.2, 0) is 0 Å². The van der Waals surface area contributed by atoms with Gasteiger partial charge < -0.3 is 10.5 Å². The van der Waals surface area contributed by atoms with Crippen LogP contribution < -0.4 is 5.32 Å². The first-order chi connectivity index (χ1) is 13.6. The van der Waals surface area contributed by atoms with Gasteiger partial charge in [-0.1, -0.05) is 24.8 Å². The molecule has 2 N–H and O–H groups in total. The van der Waals surface area contributed by atoms with Crippen molar-refractivity contribution in [3.8, 4) is 11.4 Å². The molecule has 5 nitrogen and oxygen atoms in total. The highest BCUT2D eigenvalue weighted by Crippen LogP contribution is 2.24. The normalized spacial score (nSPS) is 11.2. The number of aromatic nitrogens is 3. The van der Waals surface area contributed by atoms with Crippen LogP contribution >= 0.6 is 0 Å². The van der Waals surface area contributed by atoms with Gasteiger partial charge in [-0.25, -0.2) is 9.37 Å². The van der Waals surface area contributed by atoms with Gasteiger partial charge in [-0.3, -0.25) is 4.98 Å². The Labute approximate surface area is 161 Å². The topological polar surface area (TPSA) is 63.0 Å². The van der Waals surface area contributed by atoms with Gasteiger partial charge in [0, 0.05) is 23.1 Å². The Morgan fingerprint density at radius 1 is 1.07 bits per heavy atom. The van der Waals surface area contributed by atoms with Crippen molar-refractivity contribution >= 4 is 22.8 Å². The lowest BCUT2D eigenvalue weighted by Gasteiger charge is -2.07. The number of imidazole rings is 1. The zero-order valence-corrected chi connectivity index (χ0v) is 14.9. The lowest BCUT2D eigenvalue weighted by Crippen LogP contribution is -1.96. The third kappa shape index (κ3) is 3.61. The highest BCUT2D eigenvalue weighted by Gasteiger charge is 2.11. The molecule has 0 amide bonds. The Morgan fingerprint density at radius 2 is 1.82 bits per heavy atom. The van der Waals surface area contributed by atoms with Crippen molar-refractivity contribution in [1.29, 1.82) is 0 Å². The Bertz CT molecular complexity index is 1160. The molecule has 0 spiro atoms. The lowest BCUT2D eigenvalue weighted by atomic mass is 10.2. The summed E-state index contributed by atoms with van der Waals surface area (Å²) in [6, 6.07) is 15.5. The average molecular weight is 372 g/mol. The second-order valence-corrected chi connectivity index (χ2v) is 6.22. The van der Waals surface area contributed by atoms with Crippen LogP contribution in [0.3, 0.4) is 0 Å². The third-order valence-corrected chi connectivity index (χ3v) is 4.23. The second kappa shape index (κ2) is 7.36. The van der Waals surface area contributed by atoms with Crippen molar-refractivity contribution in [3.63, 3.8) is 0 Å². The van der Waals surface area contributed by atoms with E-state index in [1.54, 1.807) is 30.6 Å². The van der Waals surface area contributed by atoms with Crippen molar-refractivity contribution in [2.24, 2.45) is 0 Å². The number of hydrogen-bond donors (Lipinski definition) is 2. The summed E-state index contributed by atoms with van der Waals surface area (Å²) in [7, 11) is 0. The van der Waals surface area contributed by atoms with E-state index in [-0.39, 0.29) is 5.82 Å². The van der Waals surface area contributed by atoms with Crippen molar-refractivity contribution in [1.82, 2.24) is 14.7 Å². The van der Waals surface area contributed by atoms with E-state index >= 15 is 0 Å². The summed E-state index contributed by atoms with van der Waals surface area (Å²) in [5, 5.41) is 13.5. The van der Waals surface area contributed by atoms with Gasteiger partial charge in [0.15, 0.2) is 5.82 Å². The summed E-state index contributed by atoms with van der Waals surface area (Å²) in [6.07, 6.45) is 6.88. The lowest BCUT2D eigenvalue weighted by molar-refractivity contribution is 0.203. The number of rotatable bonds is 5. The van der Waals surface area contributed by atoms with Gasteiger partial charge in [-0.05, 0) is 54.1 Å². The van der Waals surface area contributed by atoms with Gasteiger partial charge in [-0.15, -0.1) is 0 Å². The van der Waals surface area contributed by atoms with Gasteiger partial charge in [0.25, 0.3) is 0 Å². The molecular weight excluding hydrogens is 355 g/mol. The SMILES string of the molecule is C=C(/C=C/c1ccc(F)cc1)Nc1ccc(-c2nc3ccncc3n2O)cc1. The van der Waals surface area contributed by atoms with E-state index in [1.165, 1.54) is 12.1 Å². The first-order valence-electron chi connectivity index (χ1n) is 8.62. The minimum Gasteiger partial charge on any atom is -0.426 e. The van der Waals surface area contributed by atoms with Crippen LogP contribution in [0.15, 0.2) is 85.3 Å². The largest absolute Gasteiger partial charge is 0.426 e. The molecule has 4 aromatic rings. The molecule has 28 heavy (non-hydrogen) atoms. The first kappa shape index (κ1) is 17.5. The summed E-state index contributed by atoms with van der Waals surface area (Å²) in [5.74, 6) is 0.187. The van der Waals surface area contributed by atoms with Gasteiger partial charge in [-0.2, -0.15) is 4.73 Å². The summed E-state index contributed by atoms with van der Waals surface area (Å²) in [4.78, 5) is 8.44. The number of benzene rings is 2. The molecule has 0 aliphatic rings. The number of halogens is 1. The van der Waals surface area contributed by atoms with E-state index in [9.17, 15) is 9.60 Å². The highest BCUT2D eigenvalue weighted by molar-refractivity contribution is 5.79. The van der Waals surface area contributed by atoms with E-state index in [0.717, 1.165) is 21.5 Å². The van der Waals surface area contributed by atoms with Crippen LogP contribution in [0.4, 0.5) is 10.1 Å². The van der Waals surface area contributed by atoms with Gasteiger partial charge in [0.1, 0.15) is 11.3 Å². The van der Waals surface area contributed by atoms with Gasteiger partial charge >= 0.3 is 0 Å². The van der Waals surface area contributed by atoms with Gasteiger partial charge in [0.05, 0.1) is 11.7 Å². The molecule has 2 heterocycles. The monoisotopic (exact) mass is 372 g/mol. The molecular formula is C22H17FN4O. The molecule has 0 unspecified atom stereocenters. The fourth-order valence-corrected chi connectivity index (χ4v) is 2.80. The van der Waals surface area contributed by atoms with E-state index in [1.807, 2.05) is 36.4 Å². The van der Waals surface area contributed by atoms with Crippen molar-refractivity contribution in [2.75, 3.05) is 5.32 Å². The zero-order chi connectivity index (χ0) is 19.5. The Kier molecular flexibility index (Phi) is 4.60. The number of allylic oxidation sites excluding steroid dienone is 1. The fourth-order valence-electron chi connectivity index (χ4n) is 2.80. The quantitative estimate of drug-likeness (QED) is 0.377. The van der Waals surface area contributed by atoms with Crippen LogP contribution in [0.25, 0.3) is 28.5 Å². The van der Waals surface area contributed by atoms with Crippen LogP contribution in [-0.4, -0.2) is 19.9 Å². The Morgan fingerprint density at radius 3 is 2.54 bits per heavy atom. The van der Waals surface area contributed by atoms with Crippen molar-refractivity contribution in [2.45, 2.75) is 0 Å². The maximum atomic E-state index is 12.9. The number of nitrogens with zero attached hydrogens (tertiary/aromatic N) is 3. The standard InChI is InChI=1S/C22H17FN4O/c1-15(2-3-16-4-8-18(23)9-5-16)25-19-10-6-17(7-11-19)22-26-20-12-13-24-14-21(20)27(22)28/h2-14,25,28H,1H2/b3-2+. The number of nitrogens with one attached hydrogen (secondary N) is 1. The first-order valence-corrected chi connectivity index (χ1v) is 8.62. The van der Waals surface area contributed by atoms with Crippen LogP contribution in [0.1, 0.15) is 5.56 Å². The molecule has 138 valence electrons. The minimum absolute atomic E-state index is 0.262. The average Bonchev–Trinajstić information content (AvgIpc) is 3.05. The Balaban J connectivity index is 1.47. The van der Waals surface area contributed by atoms with Crippen molar-refractivity contribution < 1.29 is 9.60 Å². The number of fused-ring (bicyclic) bond motifs is 1. The molecule has 0 radical (unpaired) electrons. The molecule has 0 fully saturated rings. The molecule has 4 rings (SSSR count). The number of pyridine rings is 1. The number of anilines is 1. The molecule has 2 aromatic heterocycles. The van der Waals surface area contributed by atoms with Crippen LogP contribution in [0.5, 0.6) is 0 Å². The maximum Gasteiger partial charge on any atom is 0.176 e. The maximum absolute atomic E-state index is 12.9. The molecule has 0 saturated heterocycles. The predicted molar refractivity (Wildman–Crippen MR) is 108 cm³/mol. The number of hydrogen-bond acceptors (Lipinski definition) is 4. The minimum atomic E-state index is -0.262. The predicted octanol–water partition coefficient (Wildman–Crippen LogP) is 5.11. The Hall–Kier alpha value is -3.93. The summed E-state index contributed by atoms with van der Waals surface area (Å²) in [6.45, 7) is 3.97. The van der Waals surface area contributed by atoms with E-state index in [2.05, 4.69) is 21.9 Å². The molecule has 0 aliphatic carbocycles. The molecule has 0 bridgehead atoms. The second-order valence-electron chi connectivity index (χ2n) is 6.22. The fraction of sp³-hybridized carbons (Fsp3) is 0. The zero-order valence-electron chi connectivity index (χ0n) is 14.9. The summed E-state index contributed by atoms with van der Waals surface area (Å²) < 4.78 is 14.0. The van der Waals surface area contributed by atoms with Gasteiger partial charge in [0.2, 0.25) is 0 Å².